The van der Waals surface area contributed by atoms with Crippen LogP contribution in [0.25, 0.3) is 0 Å². The average Bonchev–Trinajstić information content (AvgIpc) is 2.45. The summed E-state index contributed by atoms with van der Waals surface area (Å²) in [7, 11) is 0. The third kappa shape index (κ3) is 4.11. The molecule has 92 valence electrons. The maximum absolute atomic E-state index is 12.3. The second-order valence-electron chi connectivity index (χ2n) is 3.60. The molecule has 1 aromatic heterocycles. The number of thiazole rings is 1. The number of hydrogen-bond donors (Lipinski definition) is 1. The Bertz CT molecular complexity index is 311. The van der Waals surface area contributed by atoms with Crippen molar-refractivity contribution in [1.29, 1.82) is 0 Å². The summed E-state index contributed by atoms with van der Waals surface area (Å²) < 4.78 is 24.5. The van der Waals surface area contributed by atoms with E-state index in [0.29, 0.717) is 6.54 Å². The van der Waals surface area contributed by atoms with Gasteiger partial charge in [-0.3, -0.25) is 4.90 Å². The fourth-order valence-electron chi connectivity index (χ4n) is 1.37. The van der Waals surface area contributed by atoms with Crippen LogP contribution in [-0.4, -0.2) is 41.1 Å². The molecule has 1 rings (SSSR count). The van der Waals surface area contributed by atoms with Gasteiger partial charge in [0.15, 0.2) is 0 Å². The highest BCUT2D eigenvalue weighted by molar-refractivity contribution is 7.11. The fraction of sp³-hybridized carbons (Fsp3) is 0.700. The van der Waals surface area contributed by atoms with E-state index in [9.17, 15) is 8.78 Å². The molecule has 0 bridgehead atoms. The van der Waals surface area contributed by atoms with Crippen molar-refractivity contribution < 1.29 is 13.9 Å². The average molecular weight is 250 g/mol. The van der Waals surface area contributed by atoms with Gasteiger partial charge in [-0.25, -0.2) is 13.8 Å². The lowest BCUT2D eigenvalue weighted by atomic mass is 10.4. The Hall–Kier alpha value is -0.590. The van der Waals surface area contributed by atoms with Crippen LogP contribution in [0.3, 0.4) is 0 Å². The Labute approximate surface area is 97.7 Å². The van der Waals surface area contributed by atoms with Crippen molar-refractivity contribution in [2.24, 2.45) is 0 Å². The summed E-state index contributed by atoms with van der Waals surface area (Å²) in [6.45, 7) is 4.05. The minimum atomic E-state index is -2.38. The Morgan fingerprint density at radius 2 is 2.12 bits per heavy atom. The van der Waals surface area contributed by atoms with Gasteiger partial charge >= 0.3 is 0 Å². The molecular formula is C10H16F2N2OS. The van der Waals surface area contributed by atoms with E-state index < -0.39 is 6.43 Å². The molecule has 0 atom stereocenters. The topological polar surface area (TPSA) is 36.4 Å². The molecule has 0 unspecified atom stereocenters. The van der Waals surface area contributed by atoms with Gasteiger partial charge in [0, 0.05) is 11.4 Å². The molecule has 0 spiro atoms. The fourth-order valence-corrected chi connectivity index (χ4v) is 2.35. The molecule has 6 heteroatoms. The maximum Gasteiger partial charge on any atom is 0.251 e. The van der Waals surface area contributed by atoms with Crippen LogP contribution in [0.2, 0.25) is 0 Å². The maximum atomic E-state index is 12.3. The van der Waals surface area contributed by atoms with Crippen LogP contribution in [0.4, 0.5) is 8.78 Å². The lowest BCUT2D eigenvalue weighted by Crippen LogP contribution is -2.31. The monoisotopic (exact) mass is 250 g/mol. The SMILES string of the molecule is Cc1nc(CN(CCO)CC(F)F)sc1C. The van der Waals surface area contributed by atoms with Crippen molar-refractivity contribution >= 4 is 11.3 Å². The van der Waals surface area contributed by atoms with Gasteiger partial charge < -0.3 is 5.11 Å². The number of alkyl halides is 2. The van der Waals surface area contributed by atoms with Gasteiger partial charge in [0.1, 0.15) is 5.01 Å². The van der Waals surface area contributed by atoms with Crippen molar-refractivity contribution in [3.8, 4) is 0 Å². The van der Waals surface area contributed by atoms with Crippen LogP contribution in [0, 0.1) is 13.8 Å². The molecule has 1 N–H and O–H groups in total. The van der Waals surface area contributed by atoms with E-state index in [1.165, 1.54) is 16.2 Å². The predicted octanol–water partition coefficient (Wildman–Crippen LogP) is 1.82. The molecule has 0 radical (unpaired) electrons. The second-order valence-corrected chi connectivity index (χ2v) is 4.89. The Morgan fingerprint density at radius 3 is 2.56 bits per heavy atom. The zero-order valence-corrected chi connectivity index (χ0v) is 10.2. The van der Waals surface area contributed by atoms with E-state index in [-0.39, 0.29) is 19.7 Å². The first-order valence-electron chi connectivity index (χ1n) is 5.07. The van der Waals surface area contributed by atoms with Gasteiger partial charge in [0.25, 0.3) is 6.43 Å². The van der Waals surface area contributed by atoms with E-state index in [4.69, 9.17) is 5.11 Å². The molecule has 1 heterocycles. The summed E-state index contributed by atoms with van der Waals surface area (Å²) in [4.78, 5) is 6.91. The highest BCUT2D eigenvalue weighted by Crippen LogP contribution is 2.18. The molecule has 0 amide bonds. The largest absolute Gasteiger partial charge is 0.395 e. The van der Waals surface area contributed by atoms with E-state index in [0.717, 1.165) is 15.6 Å². The normalized spacial score (nSPS) is 11.7. The Balaban J connectivity index is 2.59. The lowest BCUT2D eigenvalue weighted by Gasteiger charge is -2.19. The Morgan fingerprint density at radius 1 is 1.44 bits per heavy atom. The van der Waals surface area contributed by atoms with Gasteiger partial charge in [-0.1, -0.05) is 0 Å². The Kier molecular flexibility index (Phi) is 5.24. The summed E-state index contributed by atoms with van der Waals surface area (Å²) in [5.74, 6) is 0. The van der Waals surface area contributed by atoms with Crippen LogP contribution in [-0.2, 0) is 6.54 Å². The minimum Gasteiger partial charge on any atom is -0.395 e. The highest BCUT2D eigenvalue weighted by Gasteiger charge is 2.14. The quantitative estimate of drug-likeness (QED) is 0.836. The van der Waals surface area contributed by atoms with Gasteiger partial charge in [-0.15, -0.1) is 11.3 Å². The predicted molar refractivity (Wildman–Crippen MR) is 60.0 cm³/mol. The second kappa shape index (κ2) is 6.22. The molecule has 3 nitrogen and oxygen atoms in total. The van der Waals surface area contributed by atoms with E-state index in [2.05, 4.69) is 4.98 Å². The molecule has 16 heavy (non-hydrogen) atoms. The van der Waals surface area contributed by atoms with Crippen molar-refractivity contribution in [2.75, 3.05) is 19.7 Å². The zero-order chi connectivity index (χ0) is 12.1. The number of hydrogen-bond acceptors (Lipinski definition) is 4. The molecule has 0 aliphatic heterocycles. The standard InChI is InChI=1S/C10H16F2N2OS/c1-7-8(2)16-10(13-7)6-14(3-4-15)5-9(11)12/h9,15H,3-6H2,1-2H3. The van der Waals surface area contributed by atoms with Crippen LogP contribution in [0.5, 0.6) is 0 Å². The zero-order valence-electron chi connectivity index (χ0n) is 9.41. The van der Waals surface area contributed by atoms with Crippen LogP contribution in [0.1, 0.15) is 15.6 Å². The number of aromatic nitrogens is 1. The van der Waals surface area contributed by atoms with Gasteiger partial charge in [0.05, 0.1) is 25.4 Å². The van der Waals surface area contributed by atoms with E-state index >= 15 is 0 Å². The lowest BCUT2D eigenvalue weighted by molar-refractivity contribution is 0.0746. The first-order chi connectivity index (χ1) is 7.52. The van der Waals surface area contributed by atoms with Gasteiger partial charge in [-0.05, 0) is 13.8 Å². The summed E-state index contributed by atoms with van der Waals surface area (Å²) in [5, 5.41) is 9.61. The van der Waals surface area contributed by atoms with Crippen molar-refractivity contribution in [3.05, 3.63) is 15.6 Å². The molecule has 0 aliphatic carbocycles. The summed E-state index contributed by atoms with van der Waals surface area (Å²) in [6, 6.07) is 0. The van der Waals surface area contributed by atoms with E-state index in [1.54, 1.807) is 0 Å². The molecular weight excluding hydrogens is 234 g/mol. The van der Waals surface area contributed by atoms with Crippen molar-refractivity contribution in [3.63, 3.8) is 0 Å². The molecule has 0 saturated carbocycles. The third-order valence-corrected chi connectivity index (χ3v) is 3.30. The third-order valence-electron chi connectivity index (χ3n) is 2.24. The number of halogens is 2. The first-order valence-corrected chi connectivity index (χ1v) is 5.89. The van der Waals surface area contributed by atoms with Crippen LogP contribution in [0.15, 0.2) is 0 Å². The summed E-state index contributed by atoms with van der Waals surface area (Å²) in [6.07, 6.45) is -2.38. The van der Waals surface area contributed by atoms with Gasteiger partial charge in [0.2, 0.25) is 0 Å². The minimum absolute atomic E-state index is 0.115. The number of aryl methyl sites for hydroxylation is 2. The number of rotatable bonds is 6. The molecule has 0 aliphatic rings. The van der Waals surface area contributed by atoms with Crippen LogP contribution >= 0.6 is 11.3 Å². The molecule has 0 fully saturated rings. The van der Waals surface area contributed by atoms with Crippen molar-refractivity contribution in [1.82, 2.24) is 9.88 Å². The van der Waals surface area contributed by atoms with Crippen LogP contribution < -0.4 is 0 Å². The first kappa shape index (κ1) is 13.5. The van der Waals surface area contributed by atoms with Gasteiger partial charge in [-0.2, -0.15) is 0 Å². The van der Waals surface area contributed by atoms with E-state index in [1.807, 2.05) is 13.8 Å². The molecule has 1 aromatic rings. The molecule has 0 aromatic carbocycles. The summed E-state index contributed by atoms with van der Waals surface area (Å²) >= 11 is 1.52. The summed E-state index contributed by atoms with van der Waals surface area (Å²) in [5.41, 5.74) is 0.945. The number of aliphatic hydroxyl groups excluding tert-OH is 1. The smallest absolute Gasteiger partial charge is 0.251 e. The highest BCUT2D eigenvalue weighted by atomic mass is 32.1. The number of aliphatic hydroxyl groups is 1. The molecule has 0 saturated heterocycles. The van der Waals surface area contributed by atoms with Crippen molar-refractivity contribution in [2.45, 2.75) is 26.8 Å². The number of nitrogens with zero attached hydrogens (tertiary/aromatic N) is 2.